The highest BCUT2D eigenvalue weighted by molar-refractivity contribution is 7.13. The standard InChI is InChI=1S/C15H14N6OS/c16-15-17-7-9-3-4-21(8-12(9)18-15)14(22)11-6-10(19-20-11)13-2-1-5-23-13/h1-2,5-7H,3-4,8H2,(H,19,20)(H2,16,17,18). The van der Waals surface area contributed by atoms with Gasteiger partial charge in [0.15, 0.2) is 5.69 Å². The van der Waals surface area contributed by atoms with Crippen molar-refractivity contribution in [3.8, 4) is 10.6 Å². The molecule has 0 aromatic carbocycles. The number of anilines is 1. The molecule has 0 saturated heterocycles. The van der Waals surface area contributed by atoms with Gasteiger partial charge in [-0.3, -0.25) is 9.89 Å². The van der Waals surface area contributed by atoms with Crippen LogP contribution in [0.15, 0.2) is 29.8 Å². The van der Waals surface area contributed by atoms with Gasteiger partial charge in [0, 0.05) is 12.7 Å². The maximum Gasteiger partial charge on any atom is 0.274 e. The molecule has 3 aromatic rings. The molecule has 0 bridgehead atoms. The Balaban J connectivity index is 1.56. The third kappa shape index (κ3) is 2.57. The van der Waals surface area contributed by atoms with Crippen molar-refractivity contribution in [1.82, 2.24) is 25.1 Å². The number of aromatic nitrogens is 4. The van der Waals surface area contributed by atoms with Crippen molar-refractivity contribution in [2.45, 2.75) is 13.0 Å². The number of H-pyrrole nitrogens is 1. The van der Waals surface area contributed by atoms with E-state index in [0.29, 0.717) is 18.8 Å². The lowest BCUT2D eigenvalue weighted by molar-refractivity contribution is 0.0725. The largest absolute Gasteiger partial charge is 0.368 e. The molecule has 3 N–H and O–H groups in total. The number of fused-ring (bicyclic) bond motifs is 1. The third-order valence-corrected chi connectivity index (χ3v) is 4.74. The molecule has 3 aromatic heterocycles. The zero-order chi connectivity index (χ0) is 15.8. The van der Waals surface area contributed by atoms with Gasteiger partial charge in [-0.15, -0.1) is 11.3 Å². The summed E-state index contributed by atoms with van der Waals surface area (Å²) in [4.78, 5) is 23.7. The summed E-state index contributed by atoms with van der Waals surface area (Å²) in [5, 5.41) is 9.07. The lowest BCUT2D eigenvalue weighted by atomic mass is 10.1. The van der Waals surface area contributed by atoms with Crippen LogP contribution in [0.3, 0.4) is 0 Å². The van der Waals surface area contributed by atoms with Crippen LogP contribution in [0.5, 0.6) is 0 Å². The Morgan fingerprint density at radius 2 is 2.35 bits per heavy atom. The van der Waals surface area contributed by atoms with E-state index in [2.05, 4.69) is 20.2 Å². The van der Waals surface area contributed by atoms with E-state index in [4.69, 9.17) is 5.73 Å². The van der Waals surface area contributed by atoms with Crippen LogP contribution in [0.1, 0.15) is 21.7 Å². The number of hydrogen-bond donors (Lipinski definition) is 2. The normalized spacial score (nSPS) is 13.8. The van der Waals surface area contributed by atoms with Gasteiger partial charge in [0.2, 0.25) is 5.95 Å². The Morgan fingerprint density at radius 1 is 1.43 bits per heavy atom. The average Bonchev–Trinajstić information content (AvgIpc) is 3.24. The SMILES string of the molecule is Nc1ncc2c(n1)CN(C(=O)c1cc(-c3cccs3)[nH]n1)CC2. The number of nitrogens with two attached hydrogens (primary N) is 1. The summed E-state index contributed by atoms with van der Waals surface area (Å²) in [5.74, 6) is 0.129. The molecule has 8 heteroatoms. The van der Waals surface area contributed by atoms with Crippen LogP contribution < -0.4 is 5.73 Å². The minimum atomic E-state index is -0.105. The maximum absolute atomic E-state index is 12.6. The van der Waals surface area contributed by atoms with Crippen molar-refractivity contribution in [1.29, 1.82) is 0 Å². The van der Waals surface area contributed by atoms with E-state index in [1.54, 1.807) is 28.5 Å². The zero-order valence-corrected chi connectivity index (χ0v) is 13.0. The Labute approximate surface area is 136 Å². The monoisotopic (exact) mass is 326 g/mol. The van der Waals surface area contributed by atoms with Gasteiger partial charge in [0.05, 0.1) is 22.8 Å². The predicted molar refractivity (Wildman–Crippen MR) is 86.8 cm³/mol. The molecule has 23 heavy (non-hydrogen) atoms. The van der Waals surface area contributed by atoms with Crippen LogP contribution in [0.25, 0.3) is 10.6 Å². The van der Waals surface area contributed by atoms with E-state index in [0.717, 1.165) is 28.2 Å². The first-order valence-corrected chi connectivity index (χ1v) is 8.07. The first kappa shape index (κ1) is 13.9. The summed E-state index contributed by atoms with van der Waals surface area (Å²) in [6.07, 6.45) is 2.46. The zero-order valence-electron chi connectivity index (χ0n) is 12.2. The highest BCUT2D eigenvalue weighted by Crippen LogP contribution is 2.24. The summed E-state index contributed by atoms with van der Waals surface area (Å²) >= 11 is 1.60. The fourth-order valence-corrected chi connectivity index (χ4v) is 3.34. The van der Waals surface area contributed by atoms with E-state index in [9.17, 15) is 4.79 Å². The molecule has 7 nitrogen and oxygen atoms in total. The van der Waals surface area contributed by atoms with Gasteiger partial charge in [0.1, 0.15) is 0 Å². The molecular weight excluding hydrogens is 312 g/mol. The summed E-state index contributed by atoms with van der Waals surface area (Å²) in [7, 11) is 0. The predicted octanol–water partition coefficient (Wildman–Crippen LogP) is 1.71. The van der Waals surface area contributed by atoms with E-state index in [1.165, 1.54) is 0 Å². The van der Waals surface area contributed by atoms with E-state index in [1.807, 2.05) is 17.5 Å². The molecule has 0 spiro atoms. The molecule has 0 radical (unpaired) electrons. The summed E-state index contributed by atoms with van der Waals surface area (Å²) in [6, 6.07) is 5.75. The summed E-state index contributed by atoms with van der Waals surface area (Å²) in [5.41, 5.74) is 8.76. The second kappa shape index (κ2) is 5.47. The smallest absolute Gasteiger partial charge is 0.274 e. The fourth-order valence-electron chi connectivity index (χ4n) is 2.64. The molecule has 1 amide bonds. The lowest BCUT2D eigenvalue weighted by Gasteiger charge is -2.27. The number of nitrogens with zero attached hydrogens (tertiary/aromatic N) is 4. The van der Waals surface area contributed by atoms with Gasteiger partial charge < -0.3 is 10.6 Å². The maximum atomic E-state index is 12.6. The molecule has 1 aliphatic rings. The van der Waals surface area contributed by atoms with Crippen LogP contribution in [0.4, 0.5) is 5.95 Å². The number of thiophene rings is 1. The van der Waals surface area contributed by atoms with Gasteiger partial charge in [0.25, 0.3) is 5.91 Å². The highest BCUT2D eigenvalue weighted by Gasteiger charge is 2.25. The first-order valence-electron chi connectivity index (χ1n) is 7.19. The van der Waals surface area contributed by atoms with Gasteiger partial charge in [-0.1, -0.05) is 6.07 Å². The van der Waals surface area contributed by atoms with E-state index < -0.39 is 0 Å². The van der Waals surface area contributed by atoms with Gasteiger partial charge in [-0.2, -0.15) is 5.10 Å². The van der Waals surface area contributed by atoms with Crippen molar-refractivity contribution >= 4 is 23.2 Å². The van der Waals surface area contributed by atoms with Crippen molar-refractivity contribution in [2.24, 2.45) is 0 Å². The molecule has 4 heterocycles. The Morgan fingerprint density at radius 3 is 3.17 bits per heavy atom. The molecule has 0 atom stereocenters. The van der Waals surface area contributed by atoms with Crippen LogP contribution in [0, 0.1) is 0 Å². The molecular formula is C15H14N6OS. The minimum Gasteiger partial charge on any atom is -0.368 e. The van der Waals surface area contributed by atoms with Crippen LogP contribution in [-0.4, -0.2) is 37.5 Å². The number of carbonyl (C=O) groups excluding carboxylic acids is 1. The van der Waals surface area contributed by atoms with E-state index >= 15 is 0 Å². The second-order valence-corrected chi connectivity index (χ2v) is 6.27. The van der Waals surface area contributed by atoms with E-state index in [-0.39, 0.29) is 11.9 Å². The quantitative estimate of drug-likeness (QED) is 0.746. The number of rotatable bonds is 2. The molecule has 0 saturated carbocycles. The number of carbonyl (C=O) groups is 1. The molecule has 0 aliphatic carbocycles. The Bertz CT molecular complexity index is 857. The van der Waals surface area contributed by atoms with Crippen molar-refractivity contribution in [3.05, 3.63) is 46.7 Å². The Kier molecular flexibility index (Phi) is 3.30. The first-order chi connectivity index (χ1) is 11.2. The van der Waals surface area contributed by atoms with Crippen LogP contribution >= 0.6 is 11.3 Å². The van der Waals surface area contributed by atoms with Crippen molar-refractivity contribution in [2.75, 3.05) is 12.3 Å². The summed E-state index contributed by atoms with van der Waals surface area (Å²) in [6.45, 7) is 1.06. The number of aromatic amines is 1. The van der Waals surface area contributed by atoms with Gasteiger partial charge in [-0.05, 0) is 29.5 Å². The molecule has 0 fully saturated rings. The molecule has 4 rings (SSSR count). The Hall–Kier alpha value is -2.74. The lowest BCUT2D eigenvalue weighted by Crippen LogP contribution is -2.36. The molecule has 0 unspecified atom stereocenters. The van der Waals surface area contributed by atoms with Crippen molar-refractivity contribution in [3.63, 3.8) is 0 Å². The third-order valence-electron chi connectivity index (χ3n) is 3.84. The number of nitrogens with one attached hydrogen (secondary N) is 1. The topological polar surface area (TPSA) is 101 Å². The van der Waals surface area contributed by atoms with Crippen molar-refractivity contribution < 1.29 is 4.79 Å². The summed E-state index contributed by atoms with van der Waals surface area (Å²) < 4.78 is 0. The van der Waals surface area contributed by atoms with Crippen LogP contribution in [-0.2, 0) is 13.0 Å². The number of hydrogen-bond acceptors (Lipinski definition) is 6. The minimum absolute atomic E-state index is 0.105. The number of amides is 1. The fraction of sp³-hybridized carbons (Fsp3) is 0.200. The van der Waals surface area contributed by atoms with Crippen LogP contribution in [0.2, 0.25) is 0 Å². The molecule has 1 aliphatic heterocycles. The second-order valence-electron chi connectivity index (χ2n) is 5.32. The van der Waals surface area contributed by atoms with Gasteiger partial charge >= 0.3 is 0 Å². The van der Waals surface area contributed by atoms with Gasteiger partial charge in [-0.25, -0.2) is 9.97 Å². The average molecular weight is 326 g/mol. The number of nitrogen functional groups attached to an aromatic ring is 1. The highest BCUT2D eigenvalue weighted by atomic mass is 32.1. The molecule has 116 valence electrons.